The minimum atomic E-state index is -2.28. The summed E-state index contributed by atoms with van der Waals surface area (Å²) in [5.41, 5.74) is 2.70. The summed E-state index contributed by atoms with van der Waals surface area (Å²) in [6.45, 7) is 0.681. The number of carboxylic acid groups (broad SMARTS) is 1. The Labute approximate surface area is 260 Å². The van der Waals surface area contributed by atoms with Crippen molar-refractivity contribution >= 4 is 5.97 Å². The fourth-order valence-electron chi connectivity index (χ4n) is 7.04. The molecular formula is C33H37NO11. The van der Waals surface area contributed by atoms with Crippen LogP contribution in [0.3, 0.4) is 0 Å². The van der Waals surface area contributed by atoms with E-state index in [1.807, 2.05) is 0 Å². The third-order valence-electron chi connectivity index (χ3n) is 8.97. The largest absolute Gasteiger partial charge is 0.497 e. The molecule has 3 aromatic rings. The molecule has 0 amide bonds. The molecule has 0 aromatic heterocycles. The van der Waals surface area contributed by atoms with Gasteiger partial charge in [-0.25, -0.2) is 0 Å². The summed E-state index contributed by atoms with van der Waals surface area (Å²) >= 11 is 0. The molecule has 45 heavy (non-hydrogen) atoms. The third-order valence-corrected chi connectivity index (χ3v) is 8.97. The fraction of sp³-hybridized carbons (Fsp3) is 0.424. The average Bonchev–Trinajstić information content (AvgIpc) is 3.43. The first-order valence-corrected chi connectivity index (χ1v) is 14.6. The molecule has 12 nitrogen and oxygen atoms in total. The number of aliphatic hydroxyl groups is 2. The SMILES string of the molecule is COc1ccc([C@@]23Oc4cc(O[C@@H]5O[C@@H](CCN)CO[C@H]5OC)cc(OC)c4[C@]2(O)[C@H](O)[C@H](C(=O)O)[C@H]3c2ccccc2)cc1. The van der Waals surface area contributed by atoms with Crippen LogP contribution in [0.5, 0.6) is 23.0 Å². The quantitative estimate of drug-likeness (QED) is 0.261. The molecule has 3 aliphatic rings. The second-order valence-corrected chi connectivity index (χ2v) is 11.3. The van der Waals surface area contributed by atoms with Crippen LogP contribution in [-0.4, -0.2) is 80.6 Å². The number of nitrogens with two attached hydrogens (primary N) is 1. The number of fused-ring (bicyclic) bond motifs is 3. The molecule has 1 saturated heterocycles. The number of rotatable bonds is 10. The van der Waals surface area contributed by atoms with Crippen LogP contribution in [0, 0.1) is 5.92 Å². The molecule has 12 heteroatoms. The third kappa shape index (κ3) is 4.80. The number of carboxylic acids is 1. The van der Waals surface area contributed by atoms with Crippen LogP contribution >= 0.6 is 0 Å². The van der Waals surface area contributed by atoms with Crippen molar-refractivity contribution < 1.29 is 53.3 Å². The summed E-state index contributed by atoms with van der Waals surface area (Å²) in [6.07, 6.45) is -3.38. The first-order valence-electron chi connectivity index (χ1n) is 14.6. The fourth-order valence-corrected chi connectivity index (χ4v) is 7.04. The lowest BCUT2D eigenvalue weighted by molar-refractivity contribution is -0.312. The number of methoxy groups -OCH3 is 3. The molecule has 1 aliphatic carbocycles. The molecule has 0 unspecified atom stereocenters. The normalized spacial score (nSPS) is 31.9. The maximum Gasteiger partial charge on any atom is 0.310 e. The lowest BCUT2D eigenvalue weighted by atomic mass is 9.70. The number of carbonyl (C=O) groups is 1. The zero-order chi connectivity index (χ0) is 31.9. The van der Waals surface area contributed by atoms with Crippen LogP contribution in [0.2, 0.25) is 0 Å². The van der Waals surface area contributed by atoms with Gasteiger partial charge in [-0.2, -0.15) is 0 Å². The molecule has 1 saturated carbocycles. The van der Waals surface area contributed by atoms with Gasteiger partial charge in [0.15, 0.2) is 11.2 Å². The lowest BCUT2D eigenvalue weighted by Gasteiger charge is -2.40. The first kappa shape index (κ1) is 31.1. The standard InChI is InChI=1S/C33H37NO11/c1-39-20-11-9-19(10-12-20)33-26(18-7-5-4-6-8-18)25(29(36)37)28(35)32(33,38)27-23(40-2)15-22(16-24(27)45-33)44-31-30(41-3)42-17-21(43-31)13-14-34/h4-12,15-16,21,25-26,28,30-31,35,38H,13-14,17,34H2,1-3H3,(H,36,37)/t21-,25+,26+,28+,30+,31-,32-,33-/m0/s1. The van der Waals surface area contributed by atoms with E-state index in [-0.39, 0.29) is 35.5 Å². The molecule has 6 rings (SSSR count). The summed E-state index contributed by atoms with van der Waals surface area (Å²) < 4.78 is 41.4. The number of aliphatic carboxylic acids is 1. The van der Waals surface area contributed by atoms with Crippen molar-refractivity contribution in [2.75, 3.05) is 34.5 Å². The highest BCUT2D eigenvalue weighted by molar-refractivity contribution is 5.77. The van der Waals surface area contributed by atoms with E-state index in [0.29, 0.717) is 29.8 Å². The Hall–Kier alpha value is -3.91. The zero-order valence-electron chi connectivity index (χ0n) is 25.1. The highest BCUT2D eigenvalue weighted by atomic mass is 16.8. The predicted octanol–water partition coefficient (Wildman–Crippen LogP) is 2.48. The van der Waals surface area contributed by atoms with E-state index in [2.05, 4.69) is 0 Å². The Bertz CT molecular complexity index is 1520. The van der Waals surface area contributed by atoms with Gasteiger partial charge in [-0.15, -0.1) is 0 Å². The lowest BCUT2D eigenvalue weighted by Crippen LogP contribution is -2.52. The Morgan fingerprint density at radius 2 is 1.73 bits per heavy atom. The van der Waals surface area contributed by atoms with Gasteiger partial charge in [0.05, 0.1) is 38.4 Å². The average molecular weight is 624 g/mol. The van der Waals surface area contributed by atoms with Crippen molar-refractivity contribution in [3.63, 3.8) is 0 Å². The predicted molar refractivity (Wildman–Crippen MR) is 158 cm³/mol. The van der Waals surface area contributed by atoms with Crippen molar-refractivity contribution in [1.29, 1.82) is 0 Å². The minimum absolute atomic E-state index is 0.0930. The molecule has 3 aromatic carbocycles. The molecule has 5 N–H and O–H groups in total. The number of hydrogen-bond acceptors (Lipinski definition) is 11. The van der Waals surface area contributed by atoms with Crippen LogP contribution in [0.15, 0.2) is 66.7 Å². The number of benzene rings is 3. The Morgan fingerprint density at radius 3 is 2.36 bits per heavy atom. The van der Waals surface area contributed by atoms with Gasteiger partial charge in [0.25, 0.3) is 6.29 Å². The molecule has 0 radical (unpaired) electrons. The zero-order valence-corrected chi connectivity index (χ0v) is 25.1. The van der Waals surface area contributed by atoms with Crippen molar-refractivity contribution in [3.05, 3.63) is 83.4 Å². The number of aliphatic hydroxyl groups excluding tert-OH is 1. The molecule has 0 spiro atoms. The van der Waals surface area contributed by atoms with E-state index in [1.54, 1.807) is 60.7 Å². The minimum Gasteiger partial charge on any atom is -0.497 e. The molecule has 240 valence electrons. The molecule has 2 heterocycles. The van der Waals surface area contributed by atoms with E-state index >= 15 is 0 Å². The number of ether oxygens (including phenoxy) is 7. The second-order valence-electron chi connectivity index (χ2n) is 11.3. The smallest absolute Gasteiger partial charge is 0.310 e. The molecular weight excluding hydrogens is 586 g/mol. The van der Waals surface area contributed by atoms with Crippen LogP contribution in [-0.2, 0) is 30.2 Å². The van der Waals surface area contributed by atoms with Crippen molar-refractivity contribution in [2.45, 2.75) is 48.3 Å². The van der Waals surface area contributed by atoms with Gasteiger partial charge in [-0.1, -0.05) is 42.5 Å². The summed E-state index contributed by atoms with van der Waals surface area (Å²) in [5.74, 6) is -2.76. The van der Waals surface area contributed by atoms with Crippen LogP contribution < -0.4 is 24.7 Å². The van der Waals surface area contributed by atoms with Gasteiger partial charge in [0, 0.05) is 25.2 Å². The highest BCUT2D eigenvalue weighted by Gasteiger charge is 2.78. The highest BCUT2D eigenvalue weighted by Crippen LogP contribution is 2.70. The maximum absolute atomic E-state index is 12.9. The van der Waals surface area contributed by atoms with E-state index in [0.717, 1.165) is 0 Å². The van der Waals surface area contributed by atoms with Gasteiger partial charge in [-0.05, 0) is 36.2 Å². The van der Waals surface area contributed by atoms with E-state index in [1.165, 1.54) is 27.4 Å². The summed E-state index contributed by atoms with van der Waals surface area (Å²) in [6, 6.07) is 18.7. The molecule has 0 bridgehead atoms. The van der Waals surface area contributed by atoms with E-state index in [9.17, 15) is 20.1 Å². The van der Waals surface area contributed by atoms with Gasteiger partial charge in [0.2, 0.25) is 6.29 Å². The Balaban J connectivity index is 1.52. The summed E-state index contributed by atoms with van der Waals surface area (Å²) in [4.78, 5) is 12.9. The van der Waals surface area contributed by atoms with Crippen molar-refractivity contribution in [2.24, 2.45) is 11.7 Å². The topological polar surface area (TPSA) is 168 Å². The van der Waals surface area contributed by atoms with E-state index in [4.69, 9.17) is 38.9 Å². The molecule has 2 fully saturated rings. The van der Waals surface area contributed by atoms with Crippen LogP contribution in [0.4, 0.5) is 0 Å². The van der Waals surface area contributed by atoms with Gasteiger partial charge in [0.1, 0.15) is 29.1 Å². The summed E-state index contributed by atoms with van der Waals surface area (Å²) in [5, 5.41) is 35.3. The van der Waals surface area contributed by atoms with Crippen LogP contribution in [0.25, 0.3) is 0 Å². The maximum atomic E-state index is 12.9. The van der Waals surface area contributed by atoms with Gasteiger partial charge >= 0.3 is 5.97 Å². The summed E-state index contributed by atoms with van der Waals surface area (Å²) in [7, 11) is 4.40. The molecule has 2 aliphatic heterocycles. The van der Waals surface area contributed by atoms with Crippen molar-refractivity contribution in [1.82, 2.24) is 0 Å². The van der Waals surface area contributed by atoms with Crippen molar-refractivity contribution in [3.8, 4) is 23.0 Å². The van der Waals surface area contributed by atoms with E-state index < -0.39 is 47.7 Å². The molecule has 8 atom stereocenters. The van der Waals surface area contributed by atoms with Gasteiger partial charge in [-0.3, -0.25) is 4.79 Å². The second kappa shape index (κ2) is 12.1. The number of hydrogen-bond donors (Lipinski definition) is 4. The van der Waals surface area contributed by atoms with Crippen LogP contribution in [0.1, 0.15) is 29.0 Å². The monoisotopic (exact) mass is 623 g/mol. The first-order chi connectivity index (χ1) is 21.7. The van der Waals surface area contributed by atoms with Gasteiger partial charge < -0.3 is 54.2 Å². The Kier molecular flexibility index (Phi) is 8.37. The Morgan fingerprint density at radius 1 is 1.00 bits per heavy atom.